The van der Waals surface area contributed by atoms with Gasteiger partial charge in [-0.2, -0.15) is 0 Å². The Balaban J connectivity index is 0.000000200. The molecule has 2 rings (SSSR count). The second-order valence-corrected chi connectivity index (χ2v) is 4.32. The number of hydrogen-bond donors (Lipinski definition) is 2. The lowest BCUT2D eigenvalue weighted by molar-refractivity contribution is -0.111. The highest BCUT2D eigenvalue weighted by Crippen LogP contribution is 2.06. The summed E-state index contributed by atoms with van der Waals surface area (Å²) in [6, 6.07) is 9.37. The van der Waals surface area contributed by atoms with Crippen molar-refractivity contribution < 1.29 is 14.3 Å². The number of hydrogen-bond acceptors (Lipinski definition) is 4. The predicted octanol–water partition coefficient (Wildman–Crippen LogP) is 1.47. The van der Waals surface area contributed by atoms with Crippen molar-refractivity contribution in [2.75, 3.05) is 13.1 Å². The Hall–Kier alpha value is -1.88. The van der Waals surface area contributed by atoms with Crippen molar-refractivity contribution in [1.29, 1.82) is 0 Å². The van der Waals surface area contributed by atoms with E-state index in [4.69, 9.17) is 5.73 Å². The third-order valence-electron chi connectivity index (χ3n) is 2.80. The van der Waals surface area contributed by atoms with Gasteiger partial charge in [-0.15, -0.1) is 0 Å². The fourth-order valence-electron chi connectivity index (χ4n) is 1.71. The highest BCUT2D eigenvalue weighted by atomic mass is 16.5. The lowest BCUT2D eigenvalue weighted by Gasteiger charge is -2.16. The van der Waals surface area contributed by atoms with Crippen molar-refractivity contribution in [3.63, 3.8) is 0 Å². The second kappa shape index (κ2) is 9.10. The smallest absolute Gasteiger partial charge is 0.404 e. The van der Waals surface area contributed by atoms with E-state index in [0.29, 0.717) is 5.92 Å². The van der Waals surface area contributed by atoms with E-state index in [-0.39, 0.29) is 6.61 Å². The number of carbonyl (C=O) groups excluding carboxylic acids is 2. The molecule has 0 aliphatic carbocycles. The highest BCUT2D eigenvalue weighted by Gasteiger charge is 2.09. The van der Waals surface area contributed by atoms with Crippen molar-refractivity contribution in [2.45, 2.75) is 19.4 Å². The van der Waals surface area contributed by atoms with E-state index in [9.17, 15) is 9.59 Å². The first-order chi connectivity index (χ1) is 9.22. The molecule has 1 aliphatic heterocycles. The van der Waals surface area contributed by atoms with E-state index in [2.05, 4.69) is 10.1 Å². The standard InChI is InChI=1S/C8H9NO2.C6H11NO/c9-8(10)11-6-7-4-2-1-3-5-7;8-5-6-1-3-7-4-2-6/h1-5H,6H2,(H2,9,10);5-7H,1-4H2. The molecule has 5 heteroatoms. The summed E-state index contributed by atoms with van der Waals surface area (Å²) in [5.41, 5.74) is 5.72. The van der Waals surface area contributed by atoms with Gasteiger partial charge in [0.15, 0.2) is 0 Å². The van der Waals surface area contributed by atoms with E-state index >= 15 is 0 Å². The summed E-state index contributed by atoms with van der Waals surface area (Å²) in [6.07, 6.45) is 2.39. The molecule has 3 N–H and O–H groups in total. The number of nitrogens with one attached hydrogen (secondary N) is 1. The summed E-state index contributed by atoms with van der Waals surface area (Å²) in [7, 11) is 0. The highest BCUT2D eigenvalue weighted by molar-refractivity contribution is 5.64. The third-order valence-corrected chi connectivity index (χ3v) is 2.80. The first-order valence-electron chi connectivity index (χ1n) is 6.34. The van der Waals surface area contributed by atoms with Crippen molar-refractivity contribution in [1.82, 2.24) is 5.32 Å². The van der Waals surface area contributed by atoms with Gasteiger partial charge in [0.2, 0.25) is 0 Å². The molecular formula is C14H20N2O3. The molecular weight excluding hydrogens is 244 g/mol. The summed E-state index contributed by atoms with van der Waals surface area (Å²) >= 11 is 0. The molecule has 0 radical (unpaired) electrons. The number of carbonyl (C=O) groups is 2. The van der Waals surface area contributed by atoms with Crippen LogP contribution in [0.25, 0.3) is 0 Å². The van der Waals surface area contributed by atoms with Crippen LogP contribution in [0.15, 0.2) is 30.3 Å². The minimum absolute atomic E-state index is 0.246. The molecule has 5 nitrogen and oxygen atoms in total. The zero-order valence-corrected chi connectivity index (χ0v) is 10.9. The molecule has 1 saturated heterocycles. The molecule has 104 valence electrons. The molecule has 1 fully saturated rings. The lowest BCUT2D eigenvalue weighted by atomic mass is 10.0. The largest absolute Gasteiger partial charge is 0.445 e. The summed E-state index contributed by atoms with van der Waals surface area (Å²) in [5.74, 6) is 0.344. The molecule has 0 aromatic heterocycles. The molecule has 1 amide bonds. The van der Waals surface area contributed by atoms with Crippen molar-refractivity contribution in [3.05, 3.63) is 35.9 Å². The summed E-state index contributed by atoms with van der Waals surface area (Å²) < 4.78 is 4.57. The fourth-order valence-corrected chi connectivity index (χ4v) is 1.71. The van der Waals surface area contributed by atoms with Crippen molar-refractivity contribution >= 4 is 12.4 Å². The zero-order valence-electron chi connectivity index (χ0n) is 10.9. The number of ether oxygens (including phenoxy) is 1. The average molecular weight is 264 g/mol. The van der Waals surface area contributed by atoms with Crippen LogP contribution >= 0.6 is 0 Å². The van der Waals surface area contributed by atoms with Gasteiger partial charge in [-0.3, -0.25) is 0 Å². The Bertz CT molecular complexity index is 376. The van der Waals surface area contributed by atoms with Gasteiger partial charge in [0.05, 0.1) is 0 Å². The van der Waals surface area contributed by atoms with Crippen LogP contribution in [0.3, 0.4) is 0 Å². The maximum absolute atomic E-state index is 10.2. The summed E-state index contributed by atoms with van der Waals surface area (Å²) in [6.45, 7) is 2.28. The number of amides is 1. The van der Waals surface area contributed by atoms with Crippen LogP contribution in [-0.4, -0.2) is 25.5 Å². The van der Waals surface area contributed by atoms with Gasteiger partial charge in [0, 0.05) is 5.92 Å². The minimum Gasteiger partial charge on any atom is -0.445 e. The van der Waals surface area contributed by atoms with Crippen LogP contribution in [0.5, 0.6) is 0 Å². The summed E-state index contributed by atoms with van der Waals surface area (Å²) in [4.78, 5) is 20.3. The second-order valence-electron chi connectivity index (χ2n) is 4.32. The van der Waals surface area contributed by atoms with Crippen LogP contribution in [0.4, 0.5) is 4.79 Å². The number of benzene rings is 1. The van der Waals surface area contributed by atoms with Crippen LogP contribution in [0.2, 0.25) is 0 Å². The normalized spacial score (nSPS) is 14.9. The van der Waals surface area contributed by atoms with E-state index in [1.54, 1.807) is 0 Å². The van der Waals surface area contributed by atoms with E-state index in [1.807, 2.05) is 30.3 Å². The van der Waals surface area contributed by atoms with Gasteiger partial charge in [-0.25, -0.2) is 4.79 Å². The number of primary amides is 1. The maximum Gasteiger partial charge on any atom is 0.404 e. The maximum atomic E-state index is 10.2. The van der Waals surface area contributed by atoms with Crippen LogP contribution in [0, 0.1) is 5.92 Å². The van der Waals surface area contributed by atoms with Gasteiger partial charge >= 0.3 is 6.09 Å². The Labute approximate surface area is 113 Å². The van der Waals surface area contributed by atoms with Crippen LogP contribution in [-0.2, 0) is 16.1 Å². The Morgan fingerprint density at radius 2 is 1.95 bits per heavy atom. The first-order valence-corrected chi connectivity index (χ1v) is 6.34. The molecule has 0 bridgehead atoms. The van der Waals surface area contributed by atoms with Gasteiger partial charge in [0.25, 0.3) is 0 Å². The Morgan fingerprint density at radius 1 is 1.32 bits per heavy atom. The quantitative estimate of drug-likeness (QED) is 0.810. The van der Waals surface area contributed by atoms with Gasteiger partial charge in [0.1, 0.15) is 12.9 Å². The monoisotopic (exact) mass is 264 g/mol. The van der Waals surface area contributed by atoms with Crippen molar-refractivity contribution in [3.8, 4) is 0 Å². The molecule has 1 aromatic rings. The van der Waals surface area contributed by atoms with E-state index in [0.717, 1.165) is 37.8 Å². The number of rotatable bonds is 3. The molecule has 1 aliphatic rings. The predicted molar refractivity (Wildman–Crippen MR) is 72.5 cm³/mol. The molecule has 0 unspecified atom stereocenters. The topological polar surface area (TPSA) is 81.4 Å². The summed E-state index contributed by atoms with van der Waals surface area (Å²) in [5, 5.41) is 3.19. The zero-order chi connectivity index (χ0) is 13.9. The van der Waals surface area contributed by atoms with Gasteiger partial charge in [-0.05, 0) is 31.5 Å². The molecule has 1 heterocycles. The molecule has 0 saturated carbocycles. The minimum atomic E-state index is -0.742. The van der Waals surface area contributed by atoms with E-state index in [1.165, 1.54) is 0 Å². The Kier molecular flexibility index (Phi) is 7.27. The van der Waals surface area contributed by atoms with Crippen LogP contribution < -0.4 is 11.1 Å². The third kappa shape index (κ3) is 7.21. The SMILES string of the molecule is NC(=O)OCc1ccccc1.O=CC1CCNCC1. The number of nitrogens with two attached hydrogens (primary N) is 1. The molecule has 19 heavy (non-hydrogen) atoms. The average Bonchev–Trinajstić information content (AvgIpc) is 2.48. The lowest BCUT2D eigenvalue weighted by Crippen LogP contribution is -2.28. The number of aldehydes is 1. The molecule has 0 spiro atoms. The van der Waals surface area contributed by atoms with Crippen LogP contribution in [0.1, 0.15) is 18.4 Å². The Morgan fingerprint density at radius 3 is 2.42 bits per heavy atom. The van der Waals surface area contributed by atoms with Gasteiger partial charge < -0.3 is 20.6 Å². The molecule has 1 aromatic carbocycles. The number of piperidine rings is 1. The van der Waals surface area contributed by atoms with Gasteiger partial charge in [-0.1, -0.05) is 30.3 Å². The fraction of sp³-hybridized carbons (Fsp3) is 0.429. The first kappa shape index (κ1) is 15.2. The van der Waals surface area contributed by atoms with E-state index < -0.39 is 6.09 Å². The van der Waals surface area contributed by atoms with Crippen molar-refractivity contribution in [2.24, 2.45) is 11.7 Å². The molecule has 0 atom stereocenters.